The van der Waals surface area contributed by atoms with Crippen LogP contribution in [0.1, 0.15) is 169 Å². The number of hydrogen-bond acceptors (Lipinski definition) is 3. The van der Waals surface area contributed by atoms with E-state index in [4.69, 9.17) is 11.0 Å². The summed E-state index contributed by atoms with van der Waals surface area (Å²) in [7, 11) is 0. The van der Waals surface area contributed by atoms with Crippen molar-refractivity contribution in [2.24, 2.45) is 28.6 Å². The van der Waals surface area contributed by atoms with Gasteiger partial charge in [-0.2, -0.15) is 0 Å². The van der Waals surface area contributed by atoms with Crippen LogP contribution in [0.2, 0.25) is 0 Å². The van der Waals surface area contributed by atoms with Crippen LogP contribution in [0.5, 0.6) is 0 Å². The van der Waals surface area contributed by atoms with E-state index in [0.717, 1.165) is 41.2 Å². The average molecular weight is 789 g/mol. The molecule has 6 aliphatic carbocycles. The molecule has 0 radical (unpaired) electrons. The SMILES string of the molecule is C=C(/C=C(/Nc1ccc2c(c1)C(C)(C)CCC2C)C1=CN(C/C=C/C(C)(C)C)C(C)=CB1c1cc2cc3c(cc2o1)C(C)(C)CCC3(C)C)C12CC3CC(CC(C3)C1)C2. The zero-order chi connectivity index (χ0) is 41.9. The fraction of sp³-hybridized carbons (Fsp3) is 0.564. The van der Waals surface area contributed by atoms with Gasteiger partial charge in [0.1, 0.15) is 5.58 Å². The van der Waals surface area contributed by atoms with Crippen LogP contribution in [0.15, 0.2) is 100 Å². The first-order valence-corrected chi connectivity index (χ1v) is 23.4. The van der Waals surface area contributed by atoms with Crippen molar-refractivity contribution in [2.75, 3.05) is 11.9 Å². The predicted molar refractivity (Wildman–Crippen MR) is 253 cm³/mol. The molecular weight excluding hydrogens is 715 g/mol. The Kier molecular flexibility index (Phi) is 9.81. The van der Waals surface area contributed by atoms with E-state index in [9.17, 15) is 0 Å². The minimum absolute atomic E-state index is 0.0553. The number of hydrogen-bond donors (Lipinski definition) is 1. The summed E-state index contributed by atoms with van der Waals surface area (Å²) >= 11 is 0. The number of benzene rings is 2. The maximum absolute atomic E-state index is 7.10. The van der Waals surface area contributed by atoms with E-state index in [1.54, 1.807) is 0 Å². The quantitative estimate of drug-likeness (QED) is 0.140. The molecule has 2 aromatic carbocycles. The van der Waals surface area contributed by atoms with Gasteiger partial charge in [0.15, 0.2) is 0 Å². The standard InChI is InChI=1S/C55H73BN2O/c1-35-16-18-52(7,8)44-28-42(14-15-43(35)44)57-48(22-36(2)55-30-38-23-39(31-55)25-40(24-38)32-55)47-34-58(21-13-17-51(4,5)6)37(3)33-56(47)50-27-41-26-45-46(29-49(41)59-50)54(11,12)20-19-53(45,9)10/h13-15,17,22,26-29,33-35,38-40,57H,2,16,18-21,23-25,30-32H2,1,3-12H3/b17-13+,48-22+. The smallest absolute Gasteiger partial charge is 0.285 e. The maximum atomic E-state index is 7.10. The molecule has 0 saturated heterocycles. The van der Waals surface area contributed by atoms with Gasteiger partial charge in [-0.25, -0.2) is 0 Å². The van der Waals surface area contributed by atoms with Gasteiger partial charge >= 0.3 is 0 Å². The summed E-state index contributed by atoms with van der Waals surface area (Å²) in [4.78, 5) is 2.45. The minimum Gasteiger partial charge on any atom is -0.470 e. The zero-order valence-corrected chi connectivity index (χ0v) is 38.6. The zero-order valence-electron chi connectivity index (χ0n) is 38.6. The minimum atomic E-state index is -0.0553. The first kappa shape index (κ1) is 40.7. The van der Waals surface area contributed by atoms with Gasteiger partial charge in [0, 0.05) is 35.2 Å². The Bertz CT molecular complexity index is 2210. The van der Waals surface area contributed by atoms with Crippen molar-refractivity contribution in [1.82, 2.24) is 4.90 Å². The third-order valence-electron chi connectivity index (χ3n) is 16.4. The van der Waals surface area contributed by atoms with Crippen LogP contribution in [0, 0.1) is 28.6 Å². The molecule has 1 unspecified atom stereocenters. The van der Waals surface area contributed by atoms with Crippen molar-refractivity contribution in [2.45, 2.75) is 163 Å². The normalized spacial score (nSPS) is 29.4. The predicted octanol–water partition coefficient (Wildman–Crippen LogP) is 14.2. The summed E-state index contributed by atoms with van der Waals surface area (Å²) in [5, 5.41) is 5.36. The molecule has 1 atom stereocenters. The molecule has 2 heterocycles. The van der Waals surface area contributed by atoms with E-state index in [1.807, 2.05) is 0 Å². The largest absolute Gasteiger partial charge is 0.470 e. The second-order valence-corrected chi connectivity index (χ2v) is 23.7. The van der Waals surface area contributed by atoms with Crippen molar-refractivity contribution in [3.63, 3.8) is 0 Å². The van der Waals surface area contributed by atoms with Crippen LogP contribution in [-0.2, 0) is 16.2 Å². The van der Waals surface area contributed by atoms with E-state index in [0.29, 0.717) is 5.92 Å². The second-order valence-electron chi connectivity index (χ2n) is 23.7. The van der Waals surface area contributed by atoms with E-state index < -0.39 is 0 Å². The summed E-state index contributed by atoms with van der Waals surface area (Å²) in [5.74, 6) is 5.64. The highest BCUT2D eigenvalue weighted by Crippen LogP contribution is 2.63. The highest BCUT2D eigenvalue weighted by Gasteiger charge is 2.52. The maximum Gasteiger partial charge on any atom is 0.285 e. The monoisotopic (exact) mass is 789 g/mol. The number of nitrogens with one attached hydrogen (secondary N) is 1. The van der Waals surface area contributed by atoms with Crippen LogP contribution < -0.4 is 11.0 Å². The number of rotatable bonds is 8. The molecule has 1 aliphatic heterocycles. The molecule has 4 saturated carbocycles. The Morgan fingerprint density at radius 3 is 2.14 bits per heavy atom. The van der Waals surface area contributed by atoms with Crippen LogP contribution in [0.4, 0.5) is 5.69 Å². The summed E-state index contributed by atoms with van der Waals surface area (Å²) in [6.45, 7) is 31.9. The molecule has 10 rings (SSSR count). The van der Waals surface area contributed by atoms with E-state index >= 15 is 0 Å². The number of anilines is 1. The number of allylic oxidation sites excluding steroid dienone is 5. The highest BCUT2D eigenvalue weighted by atomic mass is 16.3. The number of nitrogens with zero attached hydrogens (tertiary/aromatic N) is 1. The molecule has 0 amide bonds. The van der Waals surface area contributed by atoms with Crippen LogP contribution in [-0.4, -0.2) is 18.2 Å². The molecular formula is C55H73BN2O. The molecule has 312 valence electrons. The van der Waals surface area contributed by atoms with E-state index in [1.165, 1.54) is 114 Å². The van der Waals surface area contributed by atoms with Crippen molar-refractivity contribution < 1.29 is 4.42 Å². The van der Waals surface area contributed by atoms with Crippen molar-refractivity contribution in [3.05, 3.63) is 118 Å². The Balaban J connectivity index is 1.18. The third-order valence-corrected chi connectivity index (χ3v) is 16.4. The Labute approximate surface area is 358 Å². The second kappa shape index (κ2) is 14.2. The summed E-state index contributed by atoms with van der Waals surface area (Å²) in [5.41, 5.74) is 14.9. The lowest BCUT2D eigenvalue weighted by Gasteiger charge is -2.57. The number of furan rings is 1. The van der Waals surface area contributed by atoms with Gasteiger partial charge in [-0.05, 0) is 192 Å². The fourth-order valence-corrected chi connectivity index (χ4v) is 12.9. The Hall–Kier alpha value is -3.66. The van der Waals surface area contributed by atoms with Gasteiger partial charge in [-0.15, -0.1) is 0 Å². The average Bonchev–Trinajstić information content (AvgIpc) is 3.57. The van der Waals surface area contributed by atoms with Gasteiger partial charge in [0.25, 0.3) is 6.71 Å². The molecule has 4 fully saturated rings. The van der Waals surface area contributed by atoms with Crippen LogP contribution >= 0.6 is 0 Å². The van der Waals surface area contributed by atoms with Crippen LogP contribution in [0.25, 0.3) is 11.0 Å². The molecule has 1 aromatic heterocycles. The third kappa shape index (κ3) is 7.56. The molecule has 59 heavy (non-hydrogen) atoms. The van der Waals surface area contributed by atoms with Crippen LogP contribution in [0.3, 0.4) is 0 Å². The summed E-state index contributed by atoms with van der Waals surface area (Å²) < 4.78 is 7.10. The fourth-order valence-electron chi connectivity index (χ4n) is 12.9. The summed E-state index contributed by atoms with van der Waals surface area (Å²) in [6, 6.07) is 14.4. The Morgan fingerprint density at radius 1 is 0.864 bits per heavy atom. The van der Waals surface area contributed by atoms with Gasteiger partial charge < -0.3 is 14.6 Å². The first-order valence-electron chi connectivity index (χ1n) is 23.4. The van der Waals surface area contributed by atoms with Crippen molar-refractivity contribution in [3.8, 4) is 0 Å². The highest BCUT2D eigenvalue weighted by molar-refractivity contribution is 6.84. The molecule has 3 nitrogen and oxygen atoms in total. The van der Waals surface area contributed by atoms with Gasteiger partial charge in [-0.1, -0.05) is 100 Å². The molecule has 0 spiro atoms. The molecule has 3 aromatic rings. The Morgan fingerprint density at radius 2 is 1.49 bits per heavy atom. The lowest BCUT2D eigenvalue weighted by Crippen LogP contribution is -2.46. The van der Waals surface area contributed by atoms with Gasteiger partial charge in [-0.3, -0.25) is 0 Å². The van der Waals surface area contributed by atoms with Gasteiger partial charge in [0.2, 0.25) is 0 Å². The molecule has 1 N–H and O–H groups in total. The van der Waals surface area contributed by atoms with E-state index in [2.05, 4.69) is 153 Å². The first-order chi connectivity index (χ1) is 27.7. The van der Waals surface area contributed by atoms with Crippen molar-refractivity contribution >= 4 is 29.0 Å². The molecule has 7 aliphatic rings. The molecule has 4 heteroatoms. The lowest BCUT2D eigenvalue weighted by atomic mass is 9.40. The van der Waals surface area contributed by atoms with Crippen molar-refractivity contribution in [1.29, 1.82) is 0 Å². The molecule has 4 bridgehead atoms. The summed E-state index contributed by atoms with van der Waals surface area (Å²) in [6.07, 6.45) is 22.7. The number of fused-ring (bicyclic) bond motifs is 3. The van der Waals surface area contributed by atoms with Gasteiger partial charge in [0.05, 0.1) is 5.66 Å². The lowest BCUT2D eigenvalue weighted by molar-refractivity contribution is -0.0283. The topological polar surface area (TPSA) is 28.4 Å². The van der Waals surface area contributed by atoms with E-state index in [-0.39, 0.29) is 33.8 Å².